The quantitative estimate of drug-likeness (QED) is 0.824. The Kier molecular flexibility index (Phi) is 6.32. The molecule has 0 bridgehead atoms. The Labute approximate surface area is 163 Å². The molecule has 3 rings (SSSR count). The lowest BCUT2D eigenvalue weighted by molar-refractivity contribution is -0.135. The van der Waals surface area contributed by atoms with Crippen LogP contribution in [0.25, 0.3) is 0 Å². The van der Waals surface area contributed by atoms with E-state index in [0.29, 0.717) is 24.4 Å². The van der Waals surface area contributed by atoms with Crippen LogP contribution >= 0.6 is 11.6 Å². The molecule has 1 heterocycles. The molecule has 1 aliphatic rings. The number of halogens is 1. The molecule has 2 aromatic rings. The Balaban J connectivity index is 1.45. The topological polar surface area (TPSA) is 75.9 Å². The largest absolute Gasteiger partial charge is 0.484 e. The number of nitrogens with two attached hydrogens (primary N) is 1. The van der Waals surface area contributed by atoms with Crippen LogP contribution in [0, 0.1) is 0 Å². The number of carbonyl (C=O) groups excluding carboxylic acids is 2. The fourth-order valence-electron chi connectivity index (χ4n) is 2.98. The smallest absolute Gasteiger partial charge is 0.260 e. The zero-order valence-corrected chi connectivity index (χ0v) is 15.7. The van der Waals surface area contributed by atoms with Crippen molar-refractivity contribution in [3.63, 3.8) is 0 Å². The Morgan fingerprint density at radius 1 is 1.04 bits per heavy atom. The highest BCUT2D eigenvalue weighted by Crippen LogP contribution is 2.15. The van der Waals surface area contributed by atoms with E-state index < -0.39 is 5.91 Å². The van der Waals surface area contributed by atoms with E-state index in [0.717, 1.165) is 24.7 Å². The molecule has 1 fully saturated rings. The monoisotopic (exact) mass is 387 g/mol. The van der Waals surface area contributed by atoms with Crippen molar-refractivity contribution < 1.29 is 14.3 Å². The molecule has 0 unspecified atom stereocenters. The fourth-order valence-corrected chi connectivity index (χ4v) is 3.10. The second-order valence-electron chi connectivity index (χ2n) is 6.46. The highest BCUT2D eigenvalue weighted by Gasteiger charge is 2.21. The van der Waals surface area contributed by atoms with Gasteiger partial charge in [0.1, 0.15) is 5.75 Å². The molecule has 2 aromatic carbocycles. The van der Waals surface area contributed by atoms with E-state index in [1.807, 2.05) is 24.3 Å². The molecule has 0 spiro atoms. The third-order valence-electron chi connectivity index (χ3n) is 4.53. The summed E-state index contributed by atoms with van der Waals surface area (Å²) in [4.78, 5) is 27.7. The summed E-state index contributed by atoms with van der Waals surface area (Å²) in [5.41, 5.74) is 6.81. The van der Waals surface area contributed by atoms with E-state index in [2.05, 4.69) is 4.90 Å². The van der Waals surface area contributed by atoms with Gasteiger partial charge in [0.25, 0.3) is 5.91 Å². The van der Waals surface area contributed by atoms with Gasteiger partial charge in [-0.3, -0.25) is 14.5 Å². The zero-order valence-electron chi connectivity index (χ0n) is 14.9. The number of amides is 2. The van der Waals surface area contributed by atoms with Gasteiger partial charge in [0.2, 0.25) is 5.91 Å². The van der Waals surface area contributed by atoms with E-state index in [1.165, 1.54) is 5.56 Å². The number of hydrogen-bond donors (Lipinski definition) is 1. The van der Waals surface area contributed by atoms with Gasteiger partial charge in [-0.2, -0.15) is 0 Å². The average molecular weight is 388 g/mol. The van der Waals surface area contributed by atoms with Crippen LogP contribution in [0.3, 0.4) is 0 Å². The summed E-state index contributed by atoms with van der Waals surface area (Å²) in [6.07, 6.45) is 0. The summed E-state index contributed by atoms with van der Waals surface area (Å²) in [5.74, 6) is -0.129. The van der Waals surface area contributed by atoms with Crippen LogP contribution < -0.4 is 10.5 Å². The Hall–Kier alpha value is -2.57. The lowest BCUT2D eigenvalue weighted by Gasteiger charge is -2.34. The molecule has 0 aromatic heterocycles. The van der Waals surface area contributed by atoms with E-state index in [1.54, 1.807) is 29.2 Å². The molecule has 0 atom stereocenters. The standard InChI is InChI=1S/C20H22ClN3O3/c21-17-6-4-15(5-7-17)13-23-8-10-24(11-9-23)19(25)14-27-18-3-1-2-16(12-18)20(22)26/h1-7,12H,8-11,13-14H2,(H2,22,26). The van der Waals surface area contributed by atoms with Gasteiger partial charge in [0.05, 0.1) is 0 Å². The van der Waals surface area contributed by atoms with Crippen molar-refractivity contribution in [2.24, 2.45) is 5.73 Å². The fraction of sp³-hybridized carbons (Fsp3) is 0.300. The molecule has 142 valence electrons. The molecule has 0 saturated carbocycles. The van der Waals surface area contributed by atoms with Crippen LogP contribution in [0.1, 0.15) is 15.9 Å². The van der Waals surface area contributed by atoms with Gasteiger partial charge in [-0.05, 0) is 35.9 Å². The first-order valence-corrected chi connectivity index (χ1v) is 9.16. The van der Waals surface area contributed by atoms with Crippen LogP contribution in [0.15, 0.2) is 48.5 Å². The highest BCUT2D eigenvalue weighted by atomic mass is 35.5. The summed E-state index contributed by atoms with van der Waals surface area (Å²) < 4.78 is 5.52. The van der Waals surface area contributed by atoms with Crippen LogP contribution in [-0.2, 0) is 11.3 Å². The van der Waals surface area contributed by atoms with Gasteiger partial charge in [-0.1, -0.05) is 29.8 Å². The Bertz CT molecular complexity index is 802. The number of benzene rings is 2. The third kappa shape index (κ3) is 5.45. The van der Waals surface area contributed by atoms with Crippen LogP contribution in [0.4, 0.5) is 0 Å². The van der Waals surface area contributed by atoms with Gasteiger partial charge in [0, 0.05) is 43.3 Å². The Morgan fingerprint density at radius 2 is 1.74 bits per heavy atom. The minimum absolute atomic E-state index is 0.0562. The van der Waals surface area contributed by atoms with Gasteiger partial charge in [-0.15, -0.1) is 0 Å². The van der Waals surface area contributed by atoms with Gasteiger partial charge in [-0.25, -0.2) is 0 Å². The lowest BCUT2D eigenvalue weighted by Crippen LogP contribution is -2.49. The van der Waals surface area contributed by atoms with Crippen LogP contribution in [-0.4, -0.2) is 54.4 Å². The number of ether oxygens (including phenoxy) is 1. The average Bonchev–Trinajstić information content (AvgIpc) is 2.68. The van der Waals surface area contributed by atoms with Gasteiger partial charge in [0.15, 0.2) is 6.61 Å². The van der Waals surface area contributed by atoms with Crippen molar-refractivity contribution in [1.29, 1.82) is 0 Å². The van der Waals surface area contributed by atoms with E-state index >= 15 is 0 Å². The second-order valence-corrected chi connectivity index (χ2v) is 6.90. The molecular formula is C20H22ClN3O3. The maximum Gasteiger partial charge on any atom is 0.260 e. The zero-order chi connectivity index (χ0) is 19.2. The summed E-state index contributed by atoms with van der Waals surface area (Å²) >= 11 is 5.91. The third-order valence-corrected chi connectivity index (χ3v) is 4.78. The van der Waals surface area contributed by atoms with Crippen molar-refractivity contribution in [2.75, 3.05) is 32.8 Å². The lowest BCUT2D eigenvalue weighted by atomic mass is 10.2. The number of piperazine rings is 1. The summed E-state index contributed by atoms with van der Waals surface area (Å²) in [6.45, 7) is 3.74. The molecule has 27 heavy (non-hydrogen) atoms. The minimum atomic E-state index is -0.524. The minimum Gasteiger partial charge on any atom is -0.484 e. The molecule has 0 radical (unpaired) electrons. The molecular weight excluding hydrogens is 366 g/mol. The van der Waals surface area contributed by atoms with E-state index in [9.17, 15) is 9.59 Å². The van der Waals surface area contributed by atoms with Gasteiger partial charge < -0.3 is 15.4 Å². The van der Waals surface area contributed by atoms with Crippen molar-refractivity contribution in [3.05, 3.63) is 64.7 Å². The molecule has 2 amide bonds. The number of nitrogens with zero attached hydrogens (tertiary/aromatic N) is 2. The molecule has 6 nitrogen and oxygen atoms in total. The number of hydrogen-bond acceptors (Lipinski definition) is 4. The summed E-state index contributed by atoms with van der Waals surface area (Å²) in [6, 6.07) is 14.3. The summed E-state index contributed by atoms with van der Waals surface area (Å²) in [7, 11) is 0. The number of rotatable bonds is 6. The molecule has 0 aliphatic carbocycles. The molecule has 7 heteroatoms. The number of primary amides is 1. The first kappa shape index (κ1) is 19.2. The van der Waals surface area contributed by atoms with Crippen molar-refractivity contribution >= 4 is 23.4 Å². The van der Waals surface area contributed by atoms with Crippen LogP contribution in [0.5, 0.6) is 5.75 Å². The van der Waals surface area contributed by atoms with E-state index in [4.69, 9.17) is 22.1 Å². The SMILES string of the molecule is NC(=O)c1cccc(OCC(=O)N2CCN(Cc3ccc(Cl)cc3)CC2)c1. The predicted molar refractivity (Wildman–Crippen MR) is 104 cm³/mol. The van der Waals surface area contributed by atoms with Crippen molar-refractivity contribution in [2.45, 2.75) is 6.54 Å². The maximum absolute atomic E-state index is 12.4. The maximum atomic E-state index is 12.4. The molecule has 2 N–H and O–H groups in total. The predicted octanol–water partition coefficient (Wildman–Crippen LogP) is 2.16. The summed E-state index contributed by atoms with van der Waals surface area (Å²) in [5, 5.41) is 0.732. The van der Waals surface area contributed by atoms with Gasteiger partial charge >= 0.3 is 0 Å². The van der Waals surface area contributed by atoms with E-state index in [-0.39, 0.29) is 12.5 Å². The first-order chi connectivity index (χ1) is 13.0. The highest BCUT2D eigenvalue weighted by molar-refractivity contribution is 6.30. The van der Waals surface area contributed by atoms with Crippen molar-refractivity contribution in [1.82, 2.24) is 9.80 Å². The van der Waals surface area contributed by atoms with Crippen LogP contribution in [0.2, 0.25) is 5.02 Å². The Morgan fingerprint density at radius 3 is 2.41 bits per heavy atom. The molecule has 1 aliphatic heterocycles. The number of carbonyl (C=O) groups is 2. The second kappa shape index (κ2) is 8.88. The normalized spacial score (nSPS) is 14.8. The molecule has 1 saturated heterocycles. The van der Waals surface area contributed by atoms with Crippen molar-refractivity contribution in [3.8, 4) is 5.75 Å². The first-order valence-electron chi connectivity index (χ1n) is 8.78.